The number of unbranched alkanes of at least 4 members (excludes halogenated alkanes) is 9. The standard InChI is InChI=1S/C50H72N6O10/c1-49(2,3)65-47(61)55(29-19-25-51-45(59)43(57)39-33-53-41-23-21-35(63-7)31-37(39)41)27-17-15-13-11-9-10-12-14-16-18-28-56(48(62)66-50(4,5)6)30-20-26-52-46(60)44(58)40-34-54-42-24-22-36(64-8)32-38(40)42/h21-24,31-34,53-54H,9-20,25-30H2,1-8H3,(H,51,59)(H,52,60). The molecule has 66 heavy (non-hydrogen) atoms. The zero-order valence-corrected chi connectivity index (χ0v) is 40.3. The number of aromatic nitrogens is 2. The van der Waals surface area contributed by atoms with Crippen LogP contribution in [0, 0.1) is 0 Å². The van der Waals surface area contributed by atoms with Gasteiger partial charge in [0.15, 0.2) is 0 Å². The summed E-state index contributed by atoms with van der Waals surface area (Å²) in [5.41, 5.74) is 0.712. The molecule has 0 spiro atoms. The number of carbonyl (C=O) groups excluding carboxylic acids is 6. The van der Waals surface area contributed by atoms with Crippen molar-refractivity contribution >= 4 is 57.4 Å². The lowest BCUT2D eigenvalue weighted by Gasteiger charge is -2.27. The number of ketones is 2. The monoisotopic (exact) mass is 917 g/mol. The van der Waals surface area contributed by atoms with Gasteiger partial charge in [0.25, 0.3) is 23.4 Å². The molecule has 4 N–H and O–H groups in total. The van der Waals surface area contributed by atoms with Gasteiger partial charge < -0.3 is 49.3 Å². The van der Waals surface area contributed by atoms with Crippen molar-refractivity contribution in [3.05, 3.63) is 59.9 Å². The SMILES string of the molecule is COc1ccc2[nH]cc(C(=O)C(=O)NCCCN(CCCCCCCCCCCCN(CCCNC(=O)C(=O)c3c[nH]c4ccc(OC)cc34)C(=O)OC(C)(C)C)C(=O)OC(C)(C)C)c2c1. The number of fused-ring (bicyclic) bond motifs is 2. The first-order valence-electron chi connectivity index (χ1n) is 23.3. The molecule has 2 heterocycles. The molecular formula is C50H72N6O10. The molecule has 4 aromatic rings. The zero-order valence-electron chi connectivity index (χ0n) is 40.3. The quantitative estimate of drug-likeness (QED) is 0.0254. The number of hydrogen-bond acceptors (Lipinski definition) is 10. The molecule has 0 bridgehead atoms. The minimum Gasteiger partial charge on any atom is -0.497 e. The Bertz CT molecular complexity index is 2080. The number of Topliss-reactive ketones (excluding diaryl/α,β-unsaturated/α-hetero) is 2. The largest absolute Gasteiger partial charge is 0.497 e. The van der Waals surface area contributed by atoms with Crippen molar-refractivity contribution in [2.75, 3.05) is 53.5 Å². The Morgan fingerprint density at radius 1 is 0.500 bits per heavy atom. The van der Waals surface area contributed by atoms with E-state index in [-0.39, 0.29) is 24.2 Å². The highest BCUT2D eigenvalue weighted by atomic mass is 16.6. The molecule has 0 aliphatic rings. The van der Waals surface area contributed by atoms with E-state index in [1.54, 1.807) is 60.4 Å². The van der Waals surface area contributed by atoms with Crippen LogP contribution in [0.2, 0.25) is 0 Å². The van der Waals surface area contributed by atoms with E-state index in [1.807, 2.05) is 41.5 Å². The van der Waals surface area contributed by atoms with Crippen molar-refractivity contribution in [1.29, 1.82) is 0 Å². The van der Waals surface area contributed by atoms with E-state index in [4.69, 9.17) is 18.9 Å². The van der Waals surface area contributed by atoms with Crippen LogP contribution in [0.5, 0.6) is 11.5 Å². The maximum Gasteiger partial charge on any atom is 0.410 e. The molecule has 0 radical (unpaired) electrons. The number of aromatic amines is 2. The molecule has 2 aromatic carbocycles. The van der Waals surface area contributed by atoms with Gasteiger partial charge in [-0.1, -0.05) is 51.4 Å². The Morgan fingerprint density at radius 2 is 0.833 bits per heavy atom. The third-order valence-electron chi connectivity index (χ3n) is 10.9. The van der Waals surface area contributed by atoms with Crippen LogP contribution in [0.15, 0.2) is 48.8 Å². The van der Waals surface area contributed by atoms with Crippen LogP contribution in [-0.4, -0.2) is 120 Å². The maximum atomic E-state index is 13.0. The van der Waals surface area contributed by atoms with Crippen molar-refractivity contribution in [3.8, 4) is 11.5 Å². The summed E-state index contributed by atoms with van der Waals surface area (Å²) in [6.07, 6.45) is 13.3. The fraction of sp³-hybridized carbons (Fsp3) is 0.560. The van der Waals surface area contributed by atoms with Crippen molar-refractivity contribution < 1.29 is 47.7 Å². The smallest absolute Gasteiger partial charge is 0.410 e. The fourth-order valence-electron chi connectivity index (χ4n) is 7.44. The molecule has 0 atom stereocenters. The van der Waals surface area contributed by atoms with Gasteiger partial charge >= 0.3 is 12.2 Å². The van der Waals surface area contributed by atoms with Gasteiger partial charge in [-0.2, -0.15) is 0 Å². The number of ether oxygens (including phenoxy) is 4. The van der Waals surface area contributed by atoms with Crippen LogP contribution >= 0.6 is 0 Å². The number of hydrogen-bond donors (Lipinski definition) is 4. The van der Waals surface area contributed by atoms with Crippen LogP contribution < -0.4 is 20.1 Å². The number of nitrogens with zero attached hydrogens (tertiary/aromatic N) is 2. The number of carbonyl (C=O) groups is 6. The first kappa shape index (κ1) is 52.6. The topological polar surface area (TPSA) is 201 Å². The number of nitrogens with one attached hydrogen (secondary N) is 4. The number of methoxy groups -OCH3 is 2. The Morgan fingerprint density at radius 3 is 1.17 bits per heavy atom. The van der Waals surface area contributed by atoms with Crippen molar-refractivity contribution in [2.45, 2.75) is 130 Å². The predicted molar refractivity (Wildman–Crippen MR) is 255 cm³/mol. The normalized spacial score (nSPS) is 11.6. The summed E-state index contributed by atoms with van der Waals surface area (Å²) in [5, 5.41) is 6.63. The molecule has 0 saturated heterocycles. The molecule has 4 rings (SSSR count). The Balaban J connectivity index is 1.09. The molecule has 362 valence electrons. The van der Waals surface area contributed by atoms with Gasteiger partial charge in [0.2, 0.25) is 0 Å². The highest BCUT2D eigenvalue weighted by Gasteiger charge is 2.25. The summed E-state index contributed by atoms with van der Waals surface area (Å²) in [6.45, 7) is 13.3. The lowest BCUT2D eigenvalue weighted by molar-refractivity contribution is -0.117. The van der Waals surface area contributed by atoms with Gasteiger partial charge in [0.1, 0.15) is 22.7 Å². The van der Waals surface area contributed by atoms with Gasteiger partial charge in [-0.3, -0.25) is 19.2 Å². The minimum atomic E-state index is -0.708. The fourth-order valence-corrected chi connectivity index (χ4v) is 7.44. The van der Waals surface area contributed by atoms with E-state index in [0.717, 1.165) is 75.2 Å². The van der Waals surface area contributed by atoms with Gasteiger partial charge in [0, 0.05) is 73.5 Å². The van der Waals surface area contributed by atoms with E-state index in [1.165, 1.54) is 12.4 Å². The third kappa shape index (κ3) is 17.1. The maximum absolute atomic E-state index is 13.0. The highest BCUT2D eigenvalue weighted by molar-refractivity contribution is 6.45. The molecule has 0 aliphatic carbocycles. The van der Waals surface area contributed by atoms with E-state index in [9.17, 15) is 28.8 Å². The lowest BCUT2D eigenvalue weighted by atomic mass is 10.1. The Labute approximate surface area is 389 Å². The zero-order chi connectivity index (χ0) is 48.3. The number of benzene rings is 2. The second-order valence-electron chi connectivity index (χ2n) is 18.6. The summed E-state index contributed by atoms with van der Waals surface area (Å²) >= 11 is 0. The summed E-state index contributed by atoms with van der Waals surface area (Å²) in [5.74, 6) is -1.53. The van der Waals surface area contributed by atoms with Crippen molar-refractivity contribution in [3.63, 3.8) is 0 Å². The van der Waals surface area contributed by atoms with Gasteiger partial charge in [-0.25, -0.2) is 9.59 Å². The molecule has 2 aromatic heterocycles. The van der Waals surface area contributed by atoms with E-state index < -0.39 is 46.8 Å². The molecule has 0 unspecified atom stereocenters. The Kier molecular flexibility index (Phi) is 20.4. The molecule has 0 saturated carbocycles. The van der Waals surface area contributed by atoms with E-state index >= 15 is 0 Å². The summed E-state index contributed by atoms with van der Waals surface area (Å²) in [4.78, 5) is 86.9. The van der Waals surface area contributed by atoms with E-state index in [0.29, 0.717) is 61.3 Å². The van der Waals surface area contributed by atoms with Crippen LogP contribution in [0.4, 0.5) is 9.59 Å². The van der Waals surface area contributed by atoms with Gasteiger partial charge in [-0.15, -0.1) is 0 Å². The van der Waals surface area contributed by atoms with Crippen LogP contribution in [0.1, 0.15) is 139 Å². The van der Waals surface area contributed by atoms with E-state index in [2.05, 4.69) is 20.6 Å². The van der Waals surface area contributed by atoms with Crippen LogP contribution in [0.25, 0.3) is 21.8 Å². The second kappa shape index (κ2) is 25.6. The van der Waals surface area contributed by atoms with Gasteiger partial charge in [-0.05, 0) is 104 Å². The summed E-state index contributed by atoms with van der Waals surface area (Å²) < 4.78 is 21.9. The minimum absolute atomic E-state index is 0.230. The van der Waals surface area contributed by atoms with Crippen LogP contribution in [0.3, 0.4) is 0 Å². The number of amides is 4. The van der Waals surface area contributed by atoms with Crippen molar-refractivity contribution in [2.24, 2.45) is 0 Å². The first-order chi connectivity index (χ1) is 31.4. The van der Waals surface area contributed by atoms with Crippen LogP contribution in [-0.2, 0) is 19.1 Å². The summed E-state index contributed by atoms with van der Waals surface area (Å²) in [7, 11) is 3.08. The highest BCUT2D eigenvalue weighted by Crippen LogP contribution is 2.25. The second-order valence-corrected chi connectivity index (χ2v) is 18.6. The Hall–Kier alpha value is -6.06. The lowest BCUT2D eigenvalue weighted by Crippen LogP contribution is -2.39. The molecule has 16 nitrogen and oxygen atoms in total. The average Bonchev–Trinajstić information content (AvgIpc) is 3.90. The third-order valence-corrected chi connectivity index (χ3v) is 10.9. The van der Waals surface area contributed by atoms with Gasteiger partial charge in [0.05, 0.1) is 25.3 Å². The molecule has 4 amide bonds. The van der Waals surface area contributed by atoms with Crippen molar-refractivity contribution in [1.82, 2.24) is 30.4 Å². The number of rotatable bonds is 27. The first-order valence-corrected chi connectivity index (χ1v) is 23.3. The number of H-pyrrole nitrogens is 2. The molecule has 0 fully saturated rings. The average molecular weight is 917 g/mol. The summed E-state index contributed by atoms with van der Waals surface area (Å²) in [6, 6.07) is 10.6. The molecular weight excluding hydrogens is 845 g/mol. The molecule has 16 heteroatoms. The molecule has 0 aliphatic heterocycles. The predicted octanol–water partition coefficient (Wildman–Crippen LogP) is 9.12.